The van der Waals surface area contributed by atoms with Crippen molar-refractivity contribution >= 4 is 12.0 Å². The van der Waals surface area contributed by atoms with Crippen LogP contribution in [0.5, 0.6) is 0 Å². The molecule has 110 valence electrons. The van der Waals surface area contributed by atoms with Gasteiger partial charge in [0, 0.05) is 6.54 Å². The summed E-state index contributed by atoms with van der Waals surface area (Å²) < 4.78 is 0. The van der Waals surface area contributed by atoms with Crippen LogP contribution in [0.25, 0.3) is 0 Å². The molecular formula is C15H22N2O3. The maximum atomic E-state index is 11.7. The fraction of sp³-hybridized carbons (Fsp3) is 0.467. The highest BCUT2D eigenvalue weighted by Gasteiger charge is 2.24. The van der Waals surface area contributed by atoms with E-state index < -0.39 is 18.0 Å². The van der Waals surface area contributed by atoms with Gasteiger partial charge in [-0.3, -0.25) is 0 Å². The van der Waals surface area contributed by atoms with Crippen molar-refractivity contribution in [3.05, 3.63) is 35.4 Å². The lowest BCUT2D eigenvalue weighted by Gasteiger charge is -2.20. The number of benzene rings is 1. The minimum Gasteiger partial charge on any atom is -0.480 e. The van der Waals surface area contributed by atoms with Crippen molar-refractivity contribution in [1.29, 1.82) is 0 Å². The van der Waals surface area contributed by atoms with Crippen molar-refractivity contribution in [2.24, 2.45) is 5.92 Å². The number of carbonyl (C=O) groups excluding carboxylic acids is 1. The molecule has 0 spiro atoms. The van der Waals surface area contributed by atoms with Crippen LogP contribution in [0.15, 0.2) is 24.3 Å². The monoisotopic (exact) mass is 278 g/mol. The van der Waals surface area contributed by atoms with Crippen LogP contribution in [0.1, 0.15) is 31.4 Å². The summed E-state index contributed by atoms with van der Waals surface area (Å²) in [5, 5.41) is 14.3. The van der Waals surface area contributed by atoms with E-state index in [1.54, 1.807) is 6.92 Å². The molecule has 5 nitrogen and oxygen atoms in total. The average molecular weight is 278 g/mol. The van der Waals surface area contributed by atoms with E-state index in [-0.39, 0.29) is 5.92 Å². The summed E-state index contributed by atoms with van der Waals surface area (Å²) in [6.07, 6.45) is 0.690. The number of aryl methyl sites for hydroxylation is 1. The van der Waals surface area contributed by atoms with Gasteiger partial charge in [-0.15, -0.1) is 0 Å². The van der Waals surface area contributed by atoms with Crippen molar-refractivity contribution < 1.29 is 14.7 Å². The Morgan fingerprint density at radius 2 is 1.85 bits per heavy atom. The van der Waals surface area contributed by atoms with Gasteiger partial charge in [-0.1, -0.05) is 50.1 Å². The van der Waals surface area contributed by atoms with Crippen LogP contribution in [-0.2, 0) is 11.3 Å². The van der Waals surface area contributed by atoms with Gasteiger partial charge in [0.15, 0.2) is 0 Å². The number of aliphatic carboxylic acids is 1. The number of hydrogen-bond donors (Lipinski definition) is 3. The third kappa shape index (κ3) is 4.91. The van der Waals surface area contributed by atoms with E-state index >= 15 is 0 Å². The summed E-state index contributed by atoms with van der Waals surface area (Å²) >= 11 is 0. The third-order valence-electron chi connectivity index (χ3n) is 3.34. The highest BCUT2D eigenvalue weighted by Crippen LogP contribution is 2.08. The van der Waals surface area contributed by atoms with Crippen LogP contribution in [0.4, 0.5) is 4.79 Å². The molecule has 0 heterocycles. The molecule has 0 saturated carbocycles. The number of carboxylic acid groups (broad SMARTS) is 1. The molecule has 2 atom stereocenters. The first-order valence-corrected chi connectivity index (χ1v) is 6.76. The molecule has 1 aromatic carbocycles. The average Bonchev–Trinajstić information content (AvgIpc) is 2.43. The molecule has 0 aliphatic carbocycles. The highest BCUT2D eigenvalue weighted by molar-refractivity contribution is 5.82. The van der Waals surface area contributed by atoms with Crippen LogP contribution >= 0.6 is 0 Å². The zero-order valence-corrected chi connectivity index (χ0v) is 12.1. The van der Waals surface area contributed by atoms with Crippen molar-refractivity contribution in [3.8, 4) is 0 Å². The van der Waals surface area contributed by atoms with Crippen molar-refractivity contribution in [1.82, 2.24) is 10.6 Å². The molecule has 0 aliphatic rings. The second kappa shape index (κ2) is 7.53. The van der Waals surface area contributed by atoms with Crippen LogP contribution in [-0.4, -0.2) is 23.1 Å². The highest BCUT2D eigenvalue weighted by atomic mass is 16.4. The minimum absolute atomic E-state index is 0.113. The molecule has 2 amide bonds. The van der Waals surface area contributed by atoms with Gasteiger partial charge in [0.1, 0.15) is 6.04 Å². The third-order valence-corrected chi connectivity index (χ3v) is 3.34. The van der Waals surface area contributed by atoms with Crippen molar-refractivity contribution in [2.45, 2.75) is 39.8 Å². The maximum Gasteiger partial charge on any atom is 0.326 e. The zero-order chi connectivity index (χ0) is 15.1. The number of amides is 2. The molecule has 0 saturated heterocycles. The topological polar surface area (TPSA) is 78.4 Å². The first-order valence-electron chi connectivity index (χ1n) is 6.76. The predicted molar refractivity (Wildman–Crippen MR) is 77.4 cm³/mol. The Morgan fingerprint density at radius 1 is 1.25 bits per heavy atom. The van der Waals surface area contributed by atoms with Crippen LogP contribution in [0, 0.1) is 12.8 Å². The molecule has 0 fully saturated rings. The number of urea groups is 1. The van der Waals surface area contributed by atoms with Crippen LogP contribution < -0.4 is 10.6 Å². The number of rotatable bonds is 6. The summed E-state index contributed by atoms with van der Waals surface area (Å²) in [7, 11) is 0. The quantitative estimate of drug-likeness (QED) is 0.747. The number of nitrogens with one attached hydrogen (secondary N) is 2. The molecule has 1 rings (SSSR count). The second-order valence-electron chi connectivity index (χ2n) is 5.01. The zero-order valence-electron chi connectivity index (χ0n) is 12.1. The fourth-order valence-corrected chi connectivity index (χ4v) is 1.76. The van der Waals surface area contributed by atoms with Gasteiger partial charge in [0.25, 0.3) is 0 Å². The van der Waals surface area contributed by atoms with E-state index in [1.807, 2.05) is 38.1 Å². The number of carbonyl (C=O) groups is 2. The minimum atomic E-state index is -1.01. The lowest BCUT2D eigenvalue weighted by Crippen LogP contribution is -2.48. The van der Waals surface area contributed by atoms with Crippen molar-refractivity contribution in [3.63, 3.8) is 0 Å². The summed E-state index contributed by atoms with van der Waals surface area (Å²) in [4.78, 5) is 22.8. The molecule has 0 aromatic heterocycles. The Labute approximate surface area is 119 Å². The predicted octanol–water partition coefficient (Wildman–Crippen LogP) is 2.29. The van der Waals surface area contributed by atoms with E-state index in [1.165, 1.54) is 0 Å². The van der Waals surface area contributed by atoms with Gasteiger partial charge in [-0.2, -0.15) is 0 Å². The Hall–Kier alpha value is -2.04. The van der Waals surface area contributed by atoms with Crippen molar-refractivity contribution in [2.75, 3.05) is 0 Å². The van der Waals surface area contributed by atoms with Crippen LogP contribution in [0.3, 0.4) is 0 Å². The number of carboxylic acids is 1. The van der Waals surface area contributed by atoms with Gasteiger partial charge in [0.05, 0.1) is 0 Å². The van der Waals surface area contributed by atoms with Gasteiger partial charge >= 0.3 is 12.0 Å². The van der Waals surface area contributed by atoms with E-state index in [4.69, 9.17) is 5.11 Å². The van der Waals surface area contributed by atoms with E-state index in [2.05, 4.69) is 10.6 Å². The second-order valence-corrected chi connectivity index (χ2v) is 5.01. The Bertz CT molecular complexity index is 457. The smallest absolute Gasteiger partial charge is 0.326 e. The Kier molecular flexibility index (Phi) is 6.03. The van der Waals surface area contributed by atoms with Gasteiger partial charge < -0.3 is 15.7 Å². The summed E-state index contributed by atoms with van der Waals surface area (Å²) in [6, 6.07) is 6.47. The Morgan fingerprint density at radius 3 is 2.35 bits per heavy atom. The normalized spacial score (nSPS) is 13.3. The molecule has 0 unspecified atom stereocenters. The van der Waals surface area contributed by atoms with Gasteiger partial charge in [0.2, 0.25) is 0 Å². The summed E-state index contributed by atoms with van der Waals surface area (Å²) in [5.41, 5.74) is 2.13. The first kappa shape index (κ1) is 16.0. The summed E-state index contributed by atoms with van der Waals surface area (Å²) in [6.45, 7) is 6.07. The standard InChI is InChI=1S/C15H22N2O3/c1-4-11(3)13(14(18)19)17-15(20)16-9-12-7-5-10(2)6-8-12/h5-8,11,13H,4,9H2,1-3H3,(H,18,19)(H2,16,17,20)/t11-,13-/m0/s1. The van der Waals surface area contributed by atoms with Crippen LogP contribution in [0.2, 0.25) is 0 Å². The van der Waals surface area contributed by atoms with Gasteiger partial charge in [-0.05, 0) is 18.4 Å². The lowest BCUT2D eigenvalue weighted by atomic mass is 9.99. The fourth-order valence-electron chi connectivity index (χ4n) is 1.76. The van der Waals surface area contributed by atoms with E-state index in [9.17, 15) is 9.59 Å². The molecule has 20 heavy (non-hydrogen) atoms. The van der Waals surface area contributed by atoms with E-state index in [0.717, 1.165) is 11.1 Å². The largest absolute Gasteiger partial charge is 0.480 e. The lowest BCUT2D eigenvalue weighted by molar-refractivity contribution is -0.140. The number of hydrogen-bond acceptors (Lipinski definition) is 2. The molecule has 0 radical (unpaired) electrons. The molecular weight excluding hydrogens is 256 g/mol. The molecule has 0 aliphatic heterocycles. The van der Waals surface area contributed by atoms with Gasteiger partial charge in [-0.25, -0.2) is 9.59 Å². The molecule has 5 heteroatoms. The molecule has 3 N–H and O–H groups in total. The first-order chi connectivity index (χ1) is 9.43. The molecule has 0 bridgehead atoms. The summed E-state index contributed by atoms with van der Waals surface area (Å²) in [5.74, 6) is -1.12. The SMILES string of the molecule is CC[C@H](C)[C@H](NC(=O)NCc1ccc(C)cc1)C(=O)O. The molecule has 1 aromatic rings. The maximum absolute atomic E-state index is 11.7. The Balaban J connectivity index is 2.49. The van der Waals surface area contributed by atoms with E-state index in [0.29, 0.717) is 13.0 Å².